The van der Waals surface area contributed by atoms with Gasteiger partial charge < -0.3 is 10.2 Å². The molecule has 1 aliphatic heterocycles. The Kier molecular flexibility index (Phi) is 7.75. The second-order valence-electron chi connectivity index (χ2n) is 9.91. The summed E-state index contributed by atoms with van der Waals surface area (Å²) in [5.74, 6) is -0.543. The fourth-order valence-corrected chi connectivity index (χ4v) is 5.29. The third-order valence-corrected chi connectivity index (χ3v) is 7.62. The first-order valence-corrected chi connectivity index (χ1v) is 13.2. The standard InChI is InChI=1S/C25H32ClN3O4S/c1-16(2)22(28-23(30)18-6-5-7-20(14-18)34(27,32)33)24(31)29-13-12-21(25(3,4)15-29)17-8-10-19(26)11-9-17/h5-11,14,16,21-22H,12-13,15H2,1-4H3,(H,28,30)(H2,27,32,33). The molecule has 2 unspecified atom stereocenters. The van der Waals surface area contributed by atoms with Gasteiger partial charge in [0.1, 0.15) is 6.04 Å². The van der Waals surface area contributed by atoms with Gasteiger partial charge in [0.05, 0.1) is 4.90 Å². The molecule has 2 amide bonds. The zero-order valence-corrected chi connectivity index (χ0v) is 21.5. The molecule has 184 valence electrons. The molecule has 9 heteroatoms. The molecule has 2 aromatic rings. The Labute approximate surface area is 206 Å². The number of sulfonamides is 1. The van der Waals surface area contributed by atoms with Crippen LogP contribution in [-0.2, 0) is 14.8 Å². The van der Waals surface area contributed by atoms with Crippen LogP contribution in [0.3, 0.4) is 0 Å². The molecule has 1 heterocycles. The highest BCUT2D eigenvalue weighted by atomic mass is 35.5. The van der Waals surface area contributed by atoms with Crippen molar-refractivity contribution in [1.82, 2.24) is 10.2 Å². The molecule has 3 rings (SSSR count). The number of primary sulfonamides is 1. The molecule has 0 bridgehead atoms. The van der Waals surface area contributed by atoms with Crippen molar-refractivity contribution in [3.8, 4) is 0 Å². The number of nitrogens with two attached hydrogens (primary N) is 1. The van der Waals surface area contributed by atoms with E-state index in [1.54, 1.807) is 0 Å². The van der Waals surface area contributed by atoms with Crippen LogP contribution in [-0.4, -0.2) is 44.3 Å². The van der Waals surface area contributed by atoms with Gasteiger partial charge in [0.15, 0.2) is 0 Å². The van der Waals surface area contributed by atoms with E-state index in [0.29, 0.717) is 18.1 Å². The van der Waals surface area contributed by atoms with Crippen LogP contribution >= 0.6 is 11.6 Å². The number of amides is 2. The highest BCUT2D eigenvalue weighted by Crippen LogP contribution is 2.42. The largest absolute Gasteiger partial charge is 0.340 e. The van der Waals surface area contributed by atoms with Gasteiger partial charge in [-0.25, -0.2) is 13.6 Å². The van der Waals surface area contributed by atoms with Crippen LogP contribution < -0.4 is 10.5 Å². The van der Waals surface area contributed by atoms with Gasteiger partial charge in [-0.15, -0.1) is 0 Å². The van der Waals surface area contributed by atoms with E-state index >= 15 is 0 Å². The summed E-state index contributed by atoms with van der Waals surface area (Å²) >= 11 is 6.04. The average molecular weight is 506 g/mol. The Balaban J connectivity index is 1.75. The van der Waals surface area contributed by atoms with Crippen LogP contribution in [0.25, 0.3) is 0 Å². The molecule has 2 aromatic carbocycles. The molecule has 0 aliphatic carbocycles. The number of carbonyl (C=O) groups is 2. The number of nitrogens with zero attached hydrogens (tertiary/aromatic N) is 1. The zero-order chi connectivity index (χ0) is 25.3. The van der Waals surface area contributed by atoms with E-state index in [2.05, 4.69) is 19.2 Å². The maximum absolute atomic E-state index is 13.5. The number of likely N-dealkylation sites (tertiary alicyclic amines) is 1. The lowest BCUT2D eigenvalue weighted by Crippen LogP contribution is -2.55. The van der Waals surface area contributed by atoms with Gasteiger partial charge in [0.25, 0.3) is 5.91 Å². The summed E-state index contributed by atoms with van der Waals surface area (Å²) in [6, 6.07) is 12.6. The van der Waals surface area contributed by atoms with Crippen molar-refractivity contribution in [1.29, 1.82) is 0 Å². The van der Waals surface area contributed by atoms with E-state index in [1.165, 1.54) is 29.8 Å². The quantitative estimate of drug-likeness (QED) is 0.622. The topological polar surface area (TPSA) is 110 Å². The third kappa shape index (κ3) is 5.98. The Morgan fingerprint density at radius 3 is 2.35 bits per heavy atom. The Morgan fingerprint density at radius 2 is 1.79 bits per heavy atom. The lowest BCUT2D eigenvalue weighted by Gasteiger charge is -2.45. The van der Waals surface area contributed by atoms with Gasteiger partial charge in [-0.05, 0) is 59.6 Å². The van der Waals surface area contributed by atoms with Gasteiger partial charge in [-0.1, -0.05) is 57.5 Å². The summed E-state index contributed by atoms with van der Waals surface area (Å²) in [5.41, 5.74) is 1.16. The molecule has 0 aromatic heterocycles. The molecule has 0 spiro atoms. The van der Waals surface area contributed by atoms with Crippen LogP contribution in [0.1, 0.15) is 56.0 Å². The highest BCUT2D eigenvalue weighted by molar-refractivity contribution is 7.89. The molecule has 2 atom stereocenters. The number of hydrogen-bond acceptors (Lipinski definition) is 4. The van der Waals surface area contributed by atoms with E-state index in [1.807, 2.05) is 43.0 Å². The fourth-order valence-electron chi connectivity index (χ4n) is 4.61. The maximum atomic E-state index is 13.5. The summed E-state index contributed by atoms with van der Waals surface area (Å²) in [5, 5.41) is 8.68. The minimum Gasteiger partial charge on any atom is -0.340 e. The molecule has 1 saturated heterocycles. The Morgan fingerprint density at radius 1 is 1.15 bits per heavy atom. The van der Waals surface area contributed by atoms with Crippen LogP contribution in [0, 0.1) is 11.3 Å². The third-order valence-electron chi connectivity index (χ3n) is 6.46. The van der Waals surface area contributed by atoms with E-state index in [0.717, 1.165) is 6.42 Å². The molecular weight excluding hydrogens is 474 g/mol. The average Bonchev–Trinajstić information content (AvgIpc) is 2.76. The van der Waals surface area contributed by atoms with Gasteiger partial charge in [-0.2, -0.15) is 0 Å². The number of halogens is 1. The van der Waals surface area contributed by atoms with Crippen LogP contribution in [0.15, 0.2) is 53.4 Å². The minimum absolute atomic E-state index is 0.131. The Hall–Kier alpha value is -2.42. The molecule has 7 nitrogen and oxygen atoms in total. The Bertz CT molecular complexity index is 1160. The van der Waals surface area contributed by atoms with E-state index in [4.69, 9.17) is 16.7 Å². The van der Waals surface area contributed by atoms with Crippen LogP contribution in [0.5, 0.6) is 0 Å². The van der Waals surface area contributed by atoms with Crippen molar-refractivity contribution < 1.29 is 18.0 Å². The lowest BCUT2D eigenvalue weighted by molar-refractivity contribution is -0.137. The lowest BCUT2D eigenvalue weighted by atomic mass is 9.70. The van der Waals surface area contributed by atoms with E-state index in [-0.39, 0.29) is 33.6 Å². The summed E-state index contributed by atoms with van der Waals surface area (Å²) in [6.45, 7) is 9.17. The first-order chi connectivity index (χ1) is 15.8. The smallest absolute Gasteiger partial charge is 0.251 e. The van der Waals surface area contributed by atoms with Gasteiger partial charge in [0.2, 0.25) is 15.9 Å². The number of carbonyl (C=O) groups excluding carboxylic acids is 2. The summed E-state index contributed by atoms with van der Waals surface area (Å²) in [7, 11) is -3.94. The molecule has 1 fully saturated rings. The number of hydrogen-bond donors (Lipinski definition) is 2. The van der Waals surface area contributed by atoms with Crippen molar-refractivity contribution in [2.24, 2.45) is 16.5 Å². The SMILES string of the molecule is CC(C)C(NC(=O)c1cccc(S(N)(=O)=O)c1)C(=O)N1CCC(c2ccc(Cl)cc2)C(C)(C)C1. The highest BCUT2D eigenvalue weighted by Gasteiger charge is 2.40. The minimum atomic E-state index is -3.94. The van der Waals surface area contributed by atoms with Gasteiger partial charge in [-0.3, -0.25) is 9.59 Å². The molecular formula is C25H32ClN3O4S. The summed E-state index contributed by atoms with van der Waals surface area (Å²) in [6.07, 6.45) is 0.801. The number of nitrogens with one attached hydrogen (secondary N) is 1. The summed E-state index contributed by atoms with van der Waals surface area (Å²) < 4.78 is 23.3. The predicted molar refractivity (Wildman–Crippen MR) is 133 cm³/mol. The number of piperidine rings is 1. The summed E-state index contributed by atoms with van der Waals surface area (Å²) in [4.78, 5) is 28.0. The first-order valence-electron chi connectivity index (χ1n) is 11.3. The monoisotopic (exact) mass is 505 g/mol. The van der Waals surface area contributed by atoms with E-state index in [9.17, 15) is 18.0 Å². The zero-order valence-electron chi connectivity index (χ0n) is 19.9. The van der Waals surface area contributed by atoms with Crippen molar-refractivity contribution in [3.05, 3.63) is 64.7 Å². The second-order valence-corrected chi connectivity index (χ2v) is 11.9. The normalized spacial score (nSPS) is 19.0. The fraction of sp³-hybridized carbons (Fsp3) is 0.440. The predicted octanol–water partition coefficient (Wildman–Crippen LogP) is 3.78. The van der Waals surface area contributed by atoms with Crippen LogP contribution in [0.2, 0.25) is 5.02 Å². The number of rotatable bonds is 6. The van der Waals surface area contributed by atoms with Crippen molar-refractivity contribution in [3.63, 3.8) is 0 Å². The molecule has 0 radical (unpaired) electrons. The molecule has 0 saturated carbocycles. The first kappa shape index (κ1) is 26.2. The van der Waals surface area contributed by atoms with Crippen molar-refractivity contribution in [2.45, 2.75) is 51.0 Å². The molecule has 1 aliphatic rings. The van der Waals surface area contributed by atoms with E-state index < -0.39 is 22.0 Å². The molecule has 3 N–H and O–H groups in total. The van der Waals surface area contributed by atoms with Crippen LogP contribution in [0.4, 0.5) is 0 Å². The van der Waals surface area contributed by atoms with Gasteiger partial charge >= 0.3 is 0 Å². The number of benzene rings is 2. The van der Waals surface area contributed by atoms with Crippen molar-refractivity contribution in [2.75, 3.05) is 13.1 Å². The second kappa shape index (κ2) is 10.1. The van der Waals surface area contributed by atoms with Crippen molar-refractivity contribution >= 4 is 33.4 Å². The maximum Gasteiger partial charge on any atom is 0.251 e. The molecule has 34 heavy (non-hydrogen) atoms. The van der Waals surface area contributed by atoms with Gasteiger partial charge in [0, 0.05) is 23.7 Å².